The number of hydrogen-bond donors (Lipinski definition) is 1. The third kappa shape index (κ3) is 7.11. The average molecular weight is 527 g/mol. The Morgan fingerprint density at radius 2 is 1.74 bits per heavy atom. The summed E-state index contributed by atoms with van der Waals surface area (Å²) >= 11 is 15.8. The molecule has 0 amide bonds. The first kappa shape index (κ1) is 23.9. The number of nitrogens with one attached hydrogen (secondary N) is 1. The molecule has 0 aromatic heterocycles. The molecular formula is C24H23BrCl2FNO2. The molecule has 0 radical (unpaired) electrons. The Bertz CT molecular complexity index is 1020. The summed E-state index contributed by atoms with van der Waals surface area (Å²) in [5, 5.41) is 4.55. The minimum Gasteiger partial charge on any atom is -0.490 e. The number of halogens is 4. The molecule has 3 aromatic rings. The van der Waals surface area contributed by atoms with E-state index in [2.05, 4.69) is 21.2 Å². The van der Waals surface area contributed by atoms with Gasteiger partial charge in [0.05, 0.1) is 11.1 Å². The maximum atomic E-state index is 13.0. The van der Waals surface area contributed by atoms with Crippen LogP contribution in [-0.2, 0) is 19.6 Å². The van der Waals surface area contributed by atoms with E-state index in [-0.39, 0.29) is 5.82 Å². The molecule has 7 heteroatoms. The van der Waals surface area contributed by atoms with Crippen molar-refractivity contribution in [1.82, 2.24) is 5.32 Å². The van der Waals surface area contributed by atoms with E-state index in [1.165, 1.54) is 12.1 Å². The van der Waals surface area contributed by atoms with Gasteiger partial charge in [0.1, 0.15) is 12.4 Å². The van der Waals surface area contributed by atoms with Gasteiger partial charge >= 0.3 is 0 Å². The van der Waals surface area contributed by atoms with E-state index >= 15 is 0 Å². The van der Waals surface area contributed by atoms with Crippen molar-refractivity contribution in [1.29, 1.82) is 0 Å². The summed E-state index contributed by atoms with van der Waals surface area (Å²) in [7, 11) is 0. The second-order valence-corrected chi connectivity index (χ2v) is 8.61. The lowest BCUT2D eigenvalue weighted by Crippen LogP contribution is -2.17. The highest BCUT2D eigenvalue weighted by atomic mass is 79.9. The highest BCUT2D eigenvalue weighted by Gasteiger charge is 2.13. The largest absolute Gasteiger partial charge is 0.490 e. The molecule has 31 heavy (non-hydrogen) atoms. The highest BCUT2D eigenvalue weighted by molar-refractivity contribution is 9.10. The van der Waals surface area contributed by atoms with Gasteiger partial charge in [0.15, 0.2) is 11.5 Å². The zero-order valence-corrected chi connectivity index (χ0v) is 20.2. The standard InChI is InChI=1S/C24H23BrCl2FNO2/c1-2-30-23-12-17(14-29-10-9-16-3-7-20(28)8-4-16)11-21(25)24(23)31-15-18-5-6-19(26)13-22(18)27/h3-8,11-13,29H,2,9-10,14-15H2,1H3. The predicted octanol–water partition coefficient (Wildman–Crippen LogP) is 7.21. The third-order valence-corrected chi connectivity index (χ3v) is 5.77. The molecule has 164 valence electrons. The monoisotopic (exact) mass is 525 g/mol. The summed E-state index contributed by atoms with van der Waals surface area (Å²) in [5.74, 6) is 1.07. The Hall–Kier alpha value is -1.79. The zero-order chi connectivity index (χ0) is 22.2. The van der Waals surface area contributed by atoms with Crippen LogP contribution < -0.4 is 14.8 Å². The molecule has 0 bridgehead atoms. The second-order valence-electron chi connectivity index (χ2n) is 6.92. The first-order chi connectivity index (χ1) is 15.0. The number of hydrogen-bond acceptors (Lipinski definition) is 3. The van der Waals surface area contributed by atoms with Gasteiger partial charge in [-0.3, -0.25) is 0 Å². The van der Waals surface area contributed by atoms with Crippen molar-refractivity contribution in [3.63, 3.8) is 0 Å². The minimum atomic E-state index is -0.217. The Balaban J connectivity index is 1.62. The van der Waals surface area contributed by atoms with E-state index in [4.69, 9.17) is 32.7 Å². The van der Waals surface area contributed by atoms with Crippen molar-refractivity contribution in [3.8, 4) is 11.5 Å². The molecule has 3 aromatic carbocycles. The van der Waals surface area contributed by atoms with Crippen LogP contribution in [0.5, 0.6) is 11.5 Å². The SMILES string of the molecule is CCOc1cc(CNCCc2ccc(F)cc2)cc(Br)c1OCc1ccc(Cl)cc1Cl. The Morgan fingerprint density at radius 1 is 0.968 bits per heavy atom. The molecule has 3 rings (SSSR count). The topological polar surface area (TPSA) is 30.5 Å². The van der Waals surface area contributed by atoms with Crippen molar-refractivity contribution in [2.24, 2.45) is 0 Å². The molecule has 0 saturated carbocycles. The van der Waals surface area contributed by atoms with Crippen molar-refractivity contribution in [2.45, 2.75) is 26.5 Å². The normalized spacial score (nSPS) is 10.9. The average Bonchev–Trinajstić information content (AvgIpc) is 2.73. The molecule has 3 nitrogen and oxygen atoms in total. The van der Waals surface area contributed by atoms with Gasteiger partial charge in [0.2, 0.25) is 0 Å². The van der Waals surface area contributed by atoms with Gasteiger partial charge in [0.25, 0.3) is 0 Å². The molecule has 0 fully saturated rings. The maximum absolute atomic E-state index is 13.0. The van der Waals surface area contributed by atoms with Crippen LogP contribution in [0, 0.1) is 5.82 Å². The molecule has 0 spiro atoms. The predicted molar refractivity (Wildman–Crippen MR) is 128 cm³/mol. The van der Waals surface area contributed by atoms with Crippen LogP contribution in [0.2, 0.25) is 10.0 Å². The zero-order valence-electron chi connectivity index (χ0n) is 17.1. The number of ether oxygens (including phenoxy) is 2. The smallest absolute Gasteiger partial charge is 0.175 e. The van der Waals surface area contributed by atoms with Gasteiger partial charge in [0, 0.05) is 22.2 Å². The quantitative estimate of drug-likeness (QED) is 0.283. The number of rotatable bonds is 10. The summed E-state index contributed by atoms with van der Waals surface area (Å²) in [6, 6.07) is 15.9. The first-order valence-electron chi connectivity index (χ1n) is 9.93. The fourth-order valence-electron chi connectivity index (χ4n) is 3.03. The van der Waals surface area contributed by atoms with Crippen LogP contribution in [-0.4, -0.2) is 13.2 Å². The molecule has 0 saturated heterocycles. The van der Waals surface area contributed by atoms with Gasteiger partial charge in [-0.1, -0.05) is 41.4 Å². The Labute approximate surface area is 200 Å². The maximum Gasteiger partial charge on any atom is 0.175 e. The molecule has 0 atom stereocenters. The van der Waals surface area contributed by atoms with Gasteiger partial charge in [-0.05, 0) is 83.3 Å². The van der Waals surface area contributed by atoms with Crippen molar-refractivity contribution < 1.29 is 13.9 Å². The Kier molecular flexibility index (Phi) is 9.02. The van der Waals surface area contributed by atoms with E-state index in [9.17, 15) is 4.39 Å². The first-order valence-corrected chi connectivity index (χ1v) is 11.5. The summed E-state index contributed by atoms with van der Waals surface area (Å²) < 4.78 is 25.6. The van der Waals surface area contributed by atoms with E-state index in [1.54, 1.807) is 24.3 Å². The fourth-order valence-corrected chi connectivity index (χ4v) is 4.10. The van der Waals surface area contributed by atoms with Crippen molar-refractivity contribution in [2.75, 3.05) is 13.2 Å². The molecule has 0 heterocycles. The van der Waals surface area contributed by atoms with E-state index in [0.29, 0.717) is 41.3 Å². The number of benzene rings is 3. The lowest BCUT2D eigenvalue weighted by molar-refractivity contribution is 0.267. The molecular weight excluding hydrogens is 504 g/mol. The summed E-state index contributed by atoms with van der Waals surface area (Å²) in [6.45, 7) is 4.20. The second kappa shape index (κ2) is 11.7. The van der Waals surface area contributed by atoms with E-state index in [0.717, 1.165) is 34.1 Å². The van der Waals surface area contributed by atoms with E-state index in [1.807, 2.05) is 25.1 Å². The van der Waals surface area contributed by atoms with E-state index < -0.39 is 0 Å². The third-order valence-electron chi connectivity index (χ3n) is 4.59. The van der Waals surface area contributed by atoms with Crippen molar-refractivity contribution in [3.05, 3.63) is 91.6 Å². The van der Waals surface area contributed by atoms with Crippen LogP contribution >= 0.6 is 39.1 Å². The molecule has 0 aliphatic heterocycles. The molecule has 0 unspecified atom stereocenters. The van der Waals surface area contributed by atoms with Gasteiger partial charge in [-0.25, -0.2) is 4.39 Å². The lowest BCUT2D eigenvalue weighted by Gasteiger charge is -2.16. The summed E-state index contributed by atoms with van der Waals surface area (Å²) in [4.78, 5) is 0. The van der Waals surface area contributed by atoms with Crippen LogP contribution in [0.3, 0.4) is 0 Å². The highest BCUT2D eigenvalue weighted by Crippen LogP contribution is 2.38. The molecule has 0 aliphatic carbocycles. The molecule has 0 aliphatic rings. The van der Waals surface area contributed by atoms with Crippen LogP contribution in [0.4, 0.5) is 4.39 Å². The minimum absolute atomic E-state index is 0.217. The van der Waals surface area contributed by atoms with Crippen LogP contribution in [0.1, 0.15) is 23.6 Å². The van der Waals surface area contributed by atoms with Gasteiger partial charge < -0.3 is 14.8 Å². The fraction of sp³-hybridized carbons (Fsp3) is 0.250. The van der Waals surface area contributed by atoms with Crippen LogP contribution in [0.25, 0.3) is 0 Å². The van der Waals surface area contributed by atoms with Gasteiger partial charge in [-0.2, -0.15) is 0 Å². The van der Waals surface area contributed by atoms with Gasteiger partial charge in [-0.15, -0.1) is 0 Å². The summed E-state index contributed by atoms with van der Waals surface area (Å²) in [6.07, 6.45) is 0.822. The molecule has 1 N–H and O–H groups in total. The summed E-state index contributed by atoms with van der Waals surface area (Å²) in [5.41, 5.74) is 2.99. The lowest BCUT2D eigenvalue weighted by atomic mass is 10.1. The Morgan fingerprint density at radius 3 is 2.45 bits per heavy atom. The van der Waals surface area contributed by atoms with Crippen molar-refractivity contribution >= 4 is 39.1 Å². The van der Waals surface area contributed by atoms with Crippen LogP contribution in [0.15, 0.2) is 59.1 Å².